The molecule has 0 unspecified atom stereocenters. The van der Waals surface area contributed by atoms with E-state index >= 15 is 0 Å². The molecular weight excluding hydrogens is 234 g/mol. The predicted molar refractivity (Wildman–Crippen MR) is 76.5 cm³/mol. The van der Waals surface area contributed by atoms with Crippen molar-refractivity contribution in [2.45, 2.75) is 33.2 Å². The van der Waals surface area contributed by atoms with Crippen LogP contribution in [0.2, 0.25) is 0 Å². The number of nitrogens with zero attached hydrogens (tertiary/aromatic N) is 1. The zero-order valence-corrected chi connectivity index (χ0v) is 11.5. The fourth-order valence-electron chi connectivity index (χ4n) is 2.55. The molecule has 98 valence electrons. The normalized spacial score (nSPS) is 14.6. The summed E-state index contributed by atoms with van der Waals surface area (Å²) in [5.41, 5.74) is 4.84. The molecule has 0 bridgehead atoms. The molecule has 3 rings (SSSR count). The summed E-state index contributed by atoms with van der Waals surface area (Å²) in [7, 11) is 0. The molecule has 0 saturated heterocycles. The van der Waals surface area contributed by atoms with Gasteiger partial charge in [-0.15, -0.1) is 0 Å². The van der Waals surface area contributed by atoms with Gasteiger partial charge in [0.15, 0.2) is 5.78 Å². The molecule has 0 spiro atoms. The smallest absolute Gasteiger partial charge is 0.167 e. The molecule has 2 nitrogen and oxygen atoms in total. The van der Waals surface area contributed by atoms with E-state index in [1.807, 2.05) is 18.5 Å². The molecule has 1 fully saturated rings. The van der Waals surface area contributed by atoms with E-state index in [1.54, 1.807) is 0 Å². The van der Waals surface area contributed by atoms with Crippen LogP contribution >= 0.6 is 0 Å². The molecule has 1 aliphatic rings. The summed E-state index contributed by atoms with van der Waals surface area (Å²) >= 11 is 0. The number of carbonyl (C=O) groups is 1. The molecule has 0 amide bonds. The standard InChI is InChI=1S/C17H19NO/c1-12-4-3-5-13(2)16(12)11-18-9-8-15(10-18)17(19)14-6-7-14/h3-5,8-10,14H,6-7,11H2,1-2H3. The van der Waals surface area contributed by atoms with Gasteiger partial charge in [0.05, 0.1) is 0 Å². The van der Waals surface area contributed by atoms with Crippen molar-refractivity contribution in [1.82, 2.24) is 4.57 Å². The van der Waals surface area contributed by atoms with Gasteiger partial charge in [-0.2, -0.15) is 0 Å². The van der Waals surface area contributed by atoms with Crippen LogP contribution in [0.1, 0.15) is 39.9 Å². The van der Waals surface area contributed by atoms with Gasteiger partial charge < -0.3 is 4.57 Å². The Morgan fingerprint density at radius 2 is 1.89 bits per heavy atom. The molecule has 1 heterocycles. The Hall–Kier alpha value is -1.83. The highest BCUT2D eigenvalue weighted by atomic mass is 16.1. The summed E-state index contributed by atoms with van der Waals surface area (Å²) in [5, 5.41) is 0. The number of ketones is 1. The van der Waals surface area contributed by atoms with Crippen LogP contribution in [0.25, 0.3) is 0 Å². The number of benzene rings is 1. The Bertz CT molecular complexity index is 600. The van der Waals surface area contributed by atoms with Gasteiger partial charge >= 0.3 is 0 Å². The van der Waals surface area contributed by atoms with Gasteiger partial charge in [0.2, 0.25) is 0 Å². The summed E-state index contributed by atoms with van der Waals surface area (Å²) in [5.74, 6) is 0.622. The minimum atomic E-state index is 0.302. The van der Waals surface area contributed by atoms with E-state index in [4.69, 9.17) is 0 Å². The average molecular weight is 253 g/mol. The van der Waals surface area contributed by atoms with Crippen LogP contribution < -0.4 is 0 Å². The van der Waals surface area contributed by atoms with E-state index in [0.717, 1.165) is 24.9 Å². The van der Waals surface area contributed by atoms with E-state index in [0.29, 0.717) is 11.7 Å². The SMILES string of the molecule is Cc1cccc(C)c1Cn1ccc(C(=O)C2CC2)c1. The van der Waals surface area contributed by atoms with Gasteiger partial charge in [0, 0.05) is 30.4 Å². The first kappa shape index (κ1) is 12.2. The molecule has 19 heavy (non-hydrogen) atoms. The number of aromatic nitrogens is 1. The second-order valence-corrected chi connectivity index (χ2v) is 5.58. The lowest BCUT2D eigenvalue weighted by molar-refractivity contribution is 0.0967. The van der Waals surface area contributed by atoms with Crippen LogP contribution in [0.5, 0.6) is 0 Å². The molecule has 0 radical (unpaired) electrons. The maximum atomic E-state index is 12.0. The highest BCUT2D eigenvalue weighted by Crippen LogP contribution is 2.32. The second-order valence-electron chi connectivity index (χ2n) is 5.58. The lowest BCUT2D eigenvalue weighted by atomic mass is 10.0. The van der Waals surface area contributed by atoms with E-state index in [9.17, 15) is 4.79 Å². The van der Waals surface area contributed by atoms with Gasteiger partial charge in [-0.3, -0.25) is 4.79 Å². The van der Waals surface area contributed by atoms with Gasteiger partial charge in [0.1, 0.15) is 0 Å². The minimum Gasteiger partial charge on any atom is -0.349 e. The first-order valence-electron chi connectivity index (χ1n) is 6.90. The molecule has 2 heteroatoms. The van der Waals surface area contributed by atoms with Crippen molar-refractivity contribution >= 4 is 5.78 Å². The van der Waals surface area contributed by atoms with Crippen molar-refractivity contribution in [2.24, 2.45) is 5.92 Å². The summed E-state index contributed by atoms with van der Waals surface area (Å²) in [4.78, 5) is 12.0. The van der Waals surface area contributed by atoms with E-state index in [1.165, 1.54) is 16.7 Å². The van der Waals surface area contributed by atoms with Crippen LogP contribution in [0.3, 0.4) is 0 Å². The Balaban J connectivity index is 1.82. The highest BCUT2D eigenvalue weighted by molar-refractivity contribution is 5.99. The number of hydrogen-bond donors (Lipinski definition) is 0. The maximum absolute atomic E-state index is 12.0. The average Bonchev–Trinajstić information content (AvgIpc) is 3.13. The van der Waals surface area contributed by atoms with Crippen molar-refractivity contribution in [2.75, 3.05) is 0 Å². The third-order valence-corrected chi connectivity index (χ3v) is 3.97. The van der Waals surface area contributed by atoms with Crippen LogP contribution in [0.15, 0.2) is 36.7 Å². The first-order valence-corrected chi connectivity index (χ1v) is 6.90. The van der Waals surface area contributed by atoms with Gasteiger partial charge in [-0.25, -0.2) is 0 Å². The van der Waals surface area contributed by atoms with Crippen molar-refractivity contribution < 1.29 is 4.79 Å². The number of rotatable bonds is 4. The molecule has 2 aromatic rings. The zero-order valence-electron chi connectivity index (χ0n) is 11.5. The first-order chi connectivity index (χ1) is 9.15. The second kappa shape index (κ2) is 4.69. The van der Waals surface area contributed by atoms with Crippen molar-refractivity contribution in [3.8, 4) is 0 Å². The third kappa shape index (κ3) is 2.48. The fourth-order valence-corrected chi connectivity index (χ4v) is 2.55. The lowest BCUT2D eigenvalue weighted by Crippen LogP contribution is -2.03. The van der Waals surface area contributed by atoms with Crippen LogP contribution in [-0.2, 0) is 6.54 Å². The molecule has 1 aromatic carbocycles. The molecule has 1 aliphatic carbocycles. The van der Waals surface area contributed by atoms with Gasteiger partial charge in [-0.05, 0) is 49.4 Å². The Labute approximate surface area is 114 Å². The summed E-state index contributed by atoms with van der Waals surface area (Å²) < 4.78 is 2.12. The van der Waals surface area contributed by atoms with Crippen molar-refractivity contribution in [3.05, 3.63) is 58.9 Å². The maximum Gasteiger partial charge on any atom is 0.167 e. The molecule has 1 aromatic heterocycles. The summed E-state index contributed by atoms with van der Waals surface area (Å²) in [6.07, 6.45) is 6.15. The fraction of sp³-hybridized carbons (Fsp3) is 0.353. The quantitative estimate of drug-likeness (QED) is 0.761. The molecule has 0 N–H and O–H groups in total. The van der Waals surface area contributed by atoms with Crippen LogP contribution in [-0.4, -0.2) is 10.4 Å². The topological polar surface area (TPSA) is 22.0 Å². The summed E-state index contributed by atoms with van der Waals surface area (Å²) in [6, 6.07) is 8.32. The van der Waals surface area contributed by atoms with Crippen molar-refractivity contribution in [3.63, 3.8) is 0 Å². The third-order valence-electron chi connectivity index (χ3n) is 3.97. The molecule has 0 atom stereocenters. The molecular formula is C17H19NO. The van der Waals surface area contributed by atoms with Gasteiger partial charge in [0.25, 0.3) is 0 Å². The van der Waals surface area contributed by atoms with Gasteiger partial charge in [-0.1, -0.05) is 18.2 Å². The Kier molecular flexibility index (Phi) is 3.02. The Morgan fingerprint density at radius 3 is 2.53 bits per heavy atom. The van der Waals surface area contributed by atoms with Crippen LogP contribution in [0.4, 0.5) is 0 Å². The predicted octanol–water partition coefficient (Wildman–Crippen LogP) is 3.75. The highest BCUT2D eigenvalue weighted by Gasteiger charge is 2.30. The van der Waals surface area contributed by atoms with Crippen LogP contribution in [0, 0.1) is 19.8 Å². The summed E-state index contributed by atoms with van der Waals surface area (Å²) in [6.45, 7) is 5.13. The van der Waals surface area contributed by atoms with E-state index in [-0.39, 0.29) is 0 Å². The minimum absolute atomic E-state index is 0.302. The molecule has 0 aliphatic heterocycles. The lowest BCUT2D eigenvalue weighted by Gasteiger charge is -2.10. The largest absolute Gasteiger partial charge is 0.349 e. The molecule has 1 saturated carbocycles. The van der Waals surface area contributed by atoms with Crippen molar-refractivity contribution in [1.29, 1.82) is 0 Å². The van der Waals surface area contributed by atoms with E-state index in [2.05, 4.69) is 36.6 Å². The Morgan fingerprint density at radius 1 is 1.21 bits per heavy atom. The number of Topliss-reactive ketones (excluding diaryl/α,β-unsaturated/α-hetero) is 1. The van der Waals surface area contributed by atoms with E-state index < -0.39 is 0 Å². The zero-order chi connectivity index (χ0) is 13.4. The number of hydrogen-bond acceptors (Lipinski definition) is 1. The number of aryl methyl sites for hydroxylation is 2. The monoisotopic (exact) mass is 253 g/mol. The number of carbonyl (C=O) groups excluding carboxylic acids is 1.